The maximum atomic E-state index is 12.9. The van der Waals surface area contributed by atoms with Crippen molar-refractivity contribution in [2.45, 2.75) is 44.7 Å². The lowest BCUT2D eigenvalue weighted by molar-refractivity contribution is -0.770. The zero-order chi connectivity index (χ0) is 22.1. The number of halogens is 1. The highest BCUT2D eigenvalue weighted by Crippen LogP contribution is 2.41. The van der Waals surface area contributed by atoms with E-state index in [9.17, 15) is 14.9 Å². The fourth-order valence-electron chi connectivity index (χ4n) is 4.14. The van der Waals surface area contributed by atoms with Crippen molar-refractivity contribution >= 4 is 17.6 Å². The first-order valence-electron chi connectivity index (χ1n) is 9.78. The fraction of sp³-hybridized carbons (Fsp3) is 0.429. The molecule has 4 rings (SSSR count). The molecule has 0 N–H and O–H groups in total. The summed E-state index contributed by atoms with van der Waals surface area (Å²) in [5.74, 6) is -0.712. The van der Waals surface area contributed by atoms with E-state index in [1.165, 1.54) is 7.11 Å². The van der Waals surface area contributed by atoms with Gasteiger partial charge in [-0.15, -0.1) is 10.1 Å². The lowest BCUT2D eigenvalue weighted by atomic mass is 10.00. The van der Waals surface area contributed by atoms with Crippen molar-refractivity contribution in [3.8, 4) is 5.75 Å². The van der Waals surface area contributed by atoms with Crippen LogP contribution in [0.25, 0.3) is 0 Å². The highest BCUT2D eigenvalue weighted by molar-refractivity contribution is 6.30. The topological polar surface area (TPSA) is 110 Å². The molecule has 2 aromatic rings. The van der Waals surface area contributed by atoms with Crippen LogP contribution >= 0.6 is 11.6 Å². The summed E-state index contributed by atoms with van der Waals surface area (Å²) in [5, 5.41) is 10.5. The smallest absolute Gasteiger partial charge is 0.314 e. The quantitative estimate of drug-likeness (QED) is 0.374. The van der Waals surface area contributed by atoms with E-state index < -0.39 is 29.2 Å². The Labute approximate surface area is 183 Å². The van der Waals surface area contributed by atoms with E-state index in [-0.39, 0.29) is 25.6 Å². The number of pyridine rings is 1. The number of carbonyl (C=O) groups is 1. The second kappa shape index (κ2) is 8.78. The minimum Gasteiger partial charge on any atom is -0.424 e. The molecule has 0 unspecified atom stereocenters. The number of ether oxygens (including phenoxy) is 3. The number of aromatic nitrogens is 1. The summed E-state index contributed by atoms with van der Waals surface area (Å²) in [7, 11) is 1.43. The molecule has 1 aromatic heterocycles. The average molecular weight is 449 g/mol. The summed E-state index contributed by atoms with van der Waals surface area (Å²) in [4.78, 5) is 32.6. The average Bonchev–Trinajstić information content (AvgIpc) is 3.34. The maximum absolute atomic E-state index is 12.9. The van der Waals surface area contributed by atoms with Gasteiger partial charge < -0.3 is 19.0 Å². The van der Waals surface area contributed by atoms with Gasteiger partial charge in [0.2, 0.25) is 0 Å². The van der Waals surface area contributed by atoms with E-state index in [4.69, 9.17) is 25.8 Å². The van der Waals surface area contributed by atoms with Crippen LogP contribution in [-0.4, -0.2) is 35.4 Å². The summed E-state index contributed by atoms with van der Waals surface area (Å²) in [6.07, 6.45) is 0.450. The molecule has 1 aromatic carbocycles. The molecule has 0 saturated heterocycles. The second-order valence-electron chi connectivity index (χ2n) is 7.58. The monoisotopic (exact) mass is 448 g/mol. The number of hydrogen-bond donors (Lipinski definition) is 0. The third-order valence-corrected chi connectivity index (χ3v) is 5.96. The Morgan fingerprint density at radius 2 is 1.97 bits per heavy atom. The molecular formula is C21H21ClN2O7. The van der Waals surface area contributed by atoms with Gasteiger partial charge in [-0.2, -0.15) is 0 Å². The second-order valence-corrected chi connectivity index (χ2v) is 8.02. The number of aryl methyl sites for hydroxylation is 1. The van der Waals surface area contributed by atoms with Gasteiger partial charge in [0.1, 0.15) is 12.2 Å². The molecule has 2 heterocycles. The minimum atomic E-state index is -0.864. The van der Waals surface area contributed by atoms with E-state index in [0.717, 1.165) is 16.7 Å². The summed E-state index contributed by atoms with van der Waals surface area (Å²) in [6, 6.07) is 7.34. The molecule has 0 spiro atoms. The Bertz CT molecular complexity index is 998. The van der Waals surface area contributed by atoms with E-state index >= 15 is 0 Å². The van der Waals surface area contributed by atoms with Gasteiger partial charge in [0.15, 0.2) is 5.75 Å². The molecule has 10 heteroatoms. The summed E-state index contributed by atoms with van der Waals surface area (Å²) in [5.41, 5.74) is 3.07. The largest absolute Gasteiger partial charge is 0.424 e. The number of benzene rings is 1. The predicted octanol–water partition coefficient (Wildman–Crippen LogP) is 3.57. The molecule has 1 aliphatic heterocycles. The van der Waals surface area contributed by atoms with Crippen molar-refractivity contribution in [3.05, 3.63) is 68.0 Å². The van der Waals surface area contributed by atoms with Crippen LogP contribution in [0.4, 0.5) is 0 Å². The number of carbonyl (C=O) groups excluding carboxylic acids is 1. The van der Waals surface area contributed by atoms with Gasteiger partial charge in [0, 0.05) is 29.5 Å². The van der Waals surface area contributed by atoms with Crippen molar-refractivity contribution in [3.63, 3.8) is 0 Å². The molecule has 1 aliphatic carbocycles. The summed E-state index contributed by atoms with van der Waals surface area (Å²) >= 11 is 5.98. The molecule has 1 fully saturated rings. The van der Waals surface area contributed by atoms with Crippen molar-refractivity contribution in [2.75, 3.05) is 7.11 Å². The number of fused-ring (bicyclic) bond motifs is 1. The first kappa shape index (κ1) is 21.5. The Hall–Kier alpha value is -2.75. The molecule has 31 heavy (non-hydrogen) atoms. The van der Waals surface area contributed by atoms with Crippen molar-refractivity contribution in [1.82, 2.24) is 4.98 Å². The maximum Gasteiger partial charge on any atom is 0.314 e. The lowest BCUT2D eigenvalue weighted by Crippen LogP contribution is -2.27. The van der Waals surface area contributed by atoms with E-state index in [1.807, 2.05) is 12.1 Å². The van der Waals surface area contributed by atoms with Gasteiger partial charge in [-0.1, -0.05) is 23.7 Å². The van der Waals surface area contributed by atoms with Crippen molar-refractivity contribution < 1.29 is 28.9 Å². The van der Waals surface area contributed by atoms with Gasteiger partial charge in [0.05, 0.1) is 24.3 Å². The zero-order valence-corrected chi connectivity index (χ0v) is 17.7. The number of hydrogen-bond acceptors (Lipinski definition) is 8. The minimum absolute atomic E-state index is 0.143. The molecule has 2 aliphatic rings. The normalized spacial score (nSPS) is 24.6. The van der Waals surface area contributed by atoms with Gasteiger partial charge in [-0.3, -0.25) is 9.78 Å². The Balaban J connectivity index is 1.54. The van der Waals surface area contributed by atoms with Gasteiger partial charge >= 0.3 is 5.97 Å². The summed E-state index contributed by atoms with van der Waals surface area (Å²) in [6.45, 7) is 2.02. The van der Waals surface area contributed by atoms with Crippen LogP contribution in [-0.2, 0) is 25.7 Å². The molecule has 0 amide bonds. The van der Waals surface area contributed by atoms with Crippen LogP contribution in [0.3, 0.4) is 0 Å². The third kappa shape index (κ3) is 4.34. The van der Waals surface area contributed by atoms with Crippen LogP contribution in [0.1, 0.15) is 41.3 Å². The van der Waals surface area contributed by atoms with E-state index in [2.05, 4.69) is 9.82 Å². The summed E-state index contributed by atoms with van der Waals surface area (Å²) < 4.78 is 16.9. The van der Waals surface area contributed by atoms with Gasteiger partial charge in [0.25, 0.3) is 5.09 Å². The first-order chi connectivity index (χ1) is 14.9. The van der Waals surface area contributed by atoms with Crippen LogP contribution < -0.4 is 4.74 Å². The van der Waals surface area contributed by atoms with Gasteiger partial charge in [-0.25, -0.2) is 0 Å². The SMILES string of the molecule is CO[C@H]1C[C@@H](C(=O)Oc2c(C)ncc3c2CO[C@H]3c2ccc(Cl)cc2)C[C@@H]1O[N+](=O)[O-]. The van der Waals surface area contributed by atoms with E-state index in [1.54, 1.807) is 25.3 Å². The van der Waals surface area contributed by atoms with Crippen molar-refractivity contribution in [1.29, 1.82) is 0 Å². The number of esters is 1. The highest BCUT2D eigenvalue weighted by Gasteiger charge is 2.42. The molecule has 4 atom stereocenters. The number of rotatable bonds is 6. The van der Waals surface area contributed by atoms with Crippen LogP contribution in [0, 0.1) is 23.0 Å². The lowest BCUT2D eigenvalue weighted by Gasteiger charge is -2.15. The van der Waals surface area contributed by atoms with Crippen molar-refractivity contribution in [2.24, 2.45) is 5.92 Å². The Kier molecular flexibility index (Phi) is 6.08. The third-order valence-electron chi connectivity index (χ3n) is 5.71. The predicted molar refractivity (Wildman–Crippen MR) is 108 cm³/mol. The Morgan fingerprint density at radius 1 is 1.26 bits per heavy atom. The standard InChI is InChI=1S/C21H21ClN2O7/c1-11-19(30-21(25)13-7-17(28-2)18(8-13)31-24(26)27)16-10-29-20(15(16)9-23-11)12-3-5-14(22)6-4-12/h3-6,9,13,17-18,20H,7-8,10H2,1-2H3/t13-,17+,18+,20+/m1/s1. The fourth-order valence-corrected chi connectivity index (χ4v) is 4.26. The Morgan fingerprint density at radius 3 is 2.65 bits per heavy atom. The van der Waals surface area contributed by atoms with Crippen LogP contribution in [0.15, 0.2) is 30.5 Å². The molecule has 0 radical (unpaired) electrons. The molecular weight excluding hydrogens is 428 g/mol. The molecule has 1 saturated carbocycles. The van der Waals surface area contributed by atoms with E-state index in [0.29, 0.717) is 16.5 Å². The molecule has 164 valence electrons. The first-order valence-corrected chi connectivity index (χ1v) is 10.2. The van der Waals surface area contributed by atoms with Gasteiger partial charge in [-0.05, 0) is 37.5 Å². The zero-order valence-electron chi connectivity index (χ0n) is 16.9. The number of nitrogens with zero attached hydrogens (tertiary/aromatic N) is 2. The molecule has 9 nitrogen and oxygen atoms in total. The highest BCUT2D eigenvalue weighted by atomic mass is 35.5. The molecule has 0 bridgehead atoms. The number of methoxy groups -OCH3 is 1. The van der Waals surface area contributed by atoms with Crippen LogP contribution in [0.2, 0.25) is 5.02 Å². The van der Waals surface area contributed by atoms with Crippen LogP contribution in [0.5, 0.6) is 5.75 Å².